The van der Waals surface area contributed by atoms with Crippen LogP contribution in [-0.2, 0) is 17.7 Å². The lowest BCUT2D eigenvalue weighted by molar-refractivity contribution is 0.0524. The Morgan fingerprint density at radius 3 is 2.66 bits per heavy atom. The molecule has 1 aromatic heterocycles. The summed E-state index contributed by atoms with van der Waals surface area (Å²) in [6.45, 7) is 4.51. The van der Waals surface area contributed by atoms with E-state index in [9.17, 15) is 4.79 Å². The fraction of sp³-hybridized carbons (Fsp3) is 0.208. The third kappa shape index (κ3) is 6.42. The quantitative estimate of drug-likeness (QED) is 0.192. The van der Waals surface area contributed by atoms with E-state index in [2.05, 4.69) is 20.8 Å². The minimum atomic E-state index is -0.370. The summed E-state index contributed by atoms with van der Waals surface area (Å²) >= 11 is 11.4. The number of ether oxygens (including phenoxy) is 1. The van der Waals surface area contributed by atoms with Gasteiger partial charge in [-0.05, 0) is 54.9 Å². The average Bonchev–Trinajstić information content (AvgIpc) is 3.08. The van der Waals surface area contributed by atoms with E-state index in [1.165, 1.54) is 0 Å². The van der Waals surface area contributed by atoms with Gasteiger partial charge in [-0.1, -0.05) is 54.1 Å². The van der Waals surface area contributed by atoms with E-state index in [1.807, 2.05) is 61.5 Å². The van der Waals surface area contributed by atoms with Crippen LogP contribution in [0.4, 0.5) is 0 Å². The van der Waals surface area contributed by atoms with Crippen molar-refractivity contribution in [2.45, 2.75) is 26.8 Å². The summed E-state index contributed by atoms with van der Waals surface area (Å²) in [7, 11) is 0. The molecule has 0 saturated heterocycles. The molecule has 1 heterocycles. The second kappa shape index (κ2) is 11.5. The summed E-state index contributed by atoms with van der Waals surface area (Å²) in [4.78, 5) is 15.8. The molecule has 0 bridgehead atoms. The highest BCUT2D eigenvalue weighted by molar-refractivity contribution is 7.80. The number of rotatable bonds is 8. The molecule has 0 atom stereocenters. The monoisotopic (exact) mass is 468 g/mol. The molecule has 3 rings (SSSR count). The molecular formula is C24H25ClN4O2S. The van der Waals surface area contributed by atoms with Gasteiger partial charge in [0, 0.05) is 23.7 Å². The second-order valence-corrected chi connectivity index (χ2v) is 7.93. The van der Waals surface area contributed by atoms with Crippen LogP contribution < -0.4 is 10.7 Å². The molecule has 0 fully saturated rings. The molecule has 8 heteroatoms. The van der Waals surface area contributed by atoms with Gasteiger partial charge in [0.05, 0.1) is 24.1 Å². The first kappa shape index (κ1) is 23.5. The van der Waals surface area contributed by atoms with Crippen molar-refractivity contribution in [1.29, 1.82) is 0 Å². The number of aromatic amines is 1. The van der Waals surface area contributed by atoms with Crippen LogP contribution in [0.15, 0.2) is 59.7 Å². The predicted molar refractivity (Wildman–Crippen MR) is 132 cm³/mol. The summed E-state index contributed by atoms with van der Waals surface area (Å²) < 4.78 is 5.26. The van der Waals surface area contributed by atoms with Gasteiger partial charge >= 0.3 is 5.97 Å². The number of carbonyl (C=O) groups is 1. The highest BCUT2D eigenvalue weighted by Gasteiger charge is 2.21. The van der Waals surface area contributed by atoms with E-state index in [0.29, 0.717) is 46.7 Å². The van der Waals surface area contributed by atoms with Crippen molar-refractivity contribution in [1.82, 2.24) is 15.7 Å². The van der Waals surface area contributed by atoms with Crippen LogP contribution >= 0.6 is 23.8 Å². The Bertz CT molecular complexity index is 1110. The van der Waals surface area contributed by atoms with Crippen molar-refractivity contribution in [3.8, 4) is 0 Å². The number of esters is 1. The van der Waals surface area contributed by atoms with E-state index in [1.54, 1.807) is 13.1 Å². The van der Waals surface area contributed by atoms with E-state index in [0.717, 1.165) is 16.7 Å². The van der Waals surface area contributed by atoms with Gasteiger partial charge in [-0.15, -0.1) is 0 Å². The van der Waals surface area contributed by atoms with Crippen LogP contribution in [0.3, 0.4) is 0 Å². The van der Waals surface area contributed by atoms with Crippen molar-refractivity contribution in [2.24, 2.45) is 5.10 Å². The molecule has 3 N–H and O–H groups in total. The summed E-state index contributed by atoms with van der Waals surface area (Å²) in [6.07, 6.45) is 2.11. The number of aromatic nitrogens is 1. The number of benzene rings is 2. The average molecular weight is 469 g/mol. The molecule has 0 spiro atoms. The maximum atomic E-state index is 12.6. The van der Waals surface area contributed by atoms with Gasteiger partial charge in [0.1, 0.15) is 0 Å². The van der Waals surface area contributed by atoms with Gasteiger partial charge in [0.25, 0.3) is 0 Å². The SMILES string of the molecule is CCOC(=O)c1c(C)[nH]c(/C=N\NC(=S)NCc2ccccc2)c1Cc1cccc(Cl)c1. The molecule has 0 aliphatic carbocycles. The molecule has 2 aromatic carbocycles. The van der Waals surface area contributed by atoms with Crippen molar-refractivity contribution in [2.75, 3.05) is 6.61 Å². The molecule has 0 aliphatic heterocycles. The standard InChI is InChI=1S/C24H25ClN4O2S/c1-3-31-23(30)22-16(2)28-21(20(22)13-18-10-7-11-19(25)12-18)15-27-29-24(32)26-14-17-8-5-4-6-9-17/h4-12,15,28H,3,13-14H2,1-2H3,(H2,26,29,32)/b27-15-. The van der Waals surface area contributed by atoms with Gasteiger partial charge in [-0.2, -0.15) is 5.10 Å². The molecular weight excluding hydrogens is 444 g/mol. The molecule has 0 unspecified atom stereocenters. The summed E-state index contributed by atoms with van der Waals surface area (Å²) in [5.74, 6) is -0.370. The lowest BCUT2D eigenvalue weighted by Gasteiger charge is -2.08. The number of halogens is 1. The minimum absolute atomic E-state index is 0.298. The number of hydrogen-bond donors (Lipinski definition) is 3. The maximum Gasteiger partial charge on any atom is 0.340 e. The molecule has 0 saturated carbocycles. The van der Waals surface area contributed by atoms with Crippen molar-refractivity contribution >= 4 is 41.1 Å². The lowest BCUT2D eigenvalue weighted by Crippen LogP contribution is -2.31. The van der Waals surface area contributed by atoms with Crippen LogP contribution in [0.2, 0.25) is 5.02 Å². The van der Waals surface area contributed by atoms with Crippen molar-refractivity contribution in [3.05, 3.63) is 93.3 Å². The number of hydrazone groups is 1. The predicted octanol–water partition coefficient (Wildman–Crippen LogP) is 4.74. The largest absolute Gasteiger partial charge is 0.462 e. The van der Waals surface area contributed by atoms with Gasteiger partial charge in [-0.25, -0.2) is 4.79 Å². The van der Waals surface area contributed by atoms with Gasteiger partial charge < -0.3 is 15.0 Å². The number of hydrogen-bond acceptors (Lipinski definition) is 4. The van der Waals surface area contributed by atoms with Gasteiger partial charge in [0.15, 0.2) is 5.11 Å². The topological polar surface area (TPSA) is 78.5 Å². The number of aryl methyl sites for hydroxylation is 1. The summed E-state index contributed by atoms with van der Waals surface area (Å²) in [5, 5.41) is 8.39. The highest BCUT2D eigenvalue weighted by Crippen LogP contribution is 2.24. The number of nitrogens with one attached hydrogen (secondary N) is 3. The number of H-pyrrole nitrogens is 1. The molecule has 0 radical (unpaired) electrons. The van der Waals surface area contributed by atoms with Crippen LogP contribution in [0, 0.1) is 6.92 Å². The van der Waals surface area contributed by atoms with Crippen molar-refractivity contribution < 1.29 is 9.53 Å². The molecule has 6 nitrogen and oxygen atoms in total. The molecule has 0 aliphatic rings. The Hall–Kier alpha value is -3.16. The Morgan fingerprint density at radius 2 is 1.94 bits per heavy atom. The smallest absolute Gasteiger partial charge is 0.340 e. The third-order valence-corrected chi connectivity index (χ3v) is 5.20. The minimum Gasteiger partial charge on any atom is -0.462 e. The van der Waals surface area contributed by atoms with Crippen LogP contribution in [0.1, 0.15) is 45.4 Å². The number of carbonyl (C=O) groups excluding carboxylic acids is 1. The molecule has 32 heavy (non-hydrogen) atoms. The highest BCUT2D eigenvalue weighted by atomic mass is 35.5. The van der Waals surface area contributed by atoms with Crippen LogP contribution in [0.5, 0.6) is 0 Å². The normalized spacial score (nSPS) is 10.8. The molecule has 0 amide bonds. The van der Waals surface area contributed by atoms with Crippen LogP contribution in [-0.4, -0.2) is 28.9 Å². The zero-order valence-electron chi connectivity index (χ0n) is 17.9. The number of nitrogens with zero attached hydrogens (tertiary/aromatic N) is 1. The van der Waals surface area contributed by atoms with E-state index in [-0.39, 0.29) is 5.97 Å². The maximum absolute atomic E-state index is 12.6. The number of thiocarbonyl (C=S) groups is 1. The Morgan fingerprint density at radius 1 is 1.19 bits per heavy atom. The second-order valence-electron chi connectivity index (χ2n) is 7.08. The van der Waals surface area contributed by atoms with Gasteiger partial charge in [-0.3, -0.25) is 5.43 Å². The first-order valence-corrected chi connectivity index (χ1v) is 11.0. The molecule has 3 aromatic rings. The lowest BCUT2D eigenvalue weighted by atomic mass is 10.0. The Kier molecular flexibility index (Phi) is 8.41. The van der Waals surface area contributed by atoms with E-state index >= 15 is 0 Å². The van der Waals surface area contributed by atoms with E-state index < -0.39 is 0 Å². The zero-order valence-corrected chi connectivity index (χ0v) is 19.5. The Labute approximate surface area is 198 Å². The van der Waals surface area contributed by atoms with Crippen molar-refractivity contribution in [3.63, 3.8) is 0 Å². The first-order valence-electron chi connectivity index (χ1n) is 10.2. The van der Waals surface area contributed by atoms with E-state index in [4.69, 9.17) is 28.6 Å². The first-order chi connectivity index (χ1) is 15.5. The summed E-state index contributed by atoms with van der Waals surface area (Å²) in [6, 6.07) is 17.5. The van der Waals surface area contributed by atoms with Gasteiger partial charge in [0.2, 0.25) is 0 Å². The Balaban J connectivity index is 1.76. The fourth-order valence-corrected chi connectivity index (χ4v) is 3.64. The summed E-state index contributed by atoms with van der Waals surface area (Å²) in [5.41, 5.74) is 7.62. The zero-order chi connectivity index (χ0) is 22.9. The molecule has 166 valence electrons. The fourth-order valence-electron chi connectivity index (χ4n) is 3.30. The van der Waals surface area contributed by atoms with Crippen LogP contribution in [0.25, 0.3) is 0 Å². The third-order valence-electron chi connectivity index (χ3n) is 4.73.